The van der Waals surface area contributed by atoms with Crippen LogP contribution in [0.15, 0.2) is 58.8 Å². The Balaban J connectivity index is 1.67. The first-order chi connectivity index (χ1) is 18.4. The number of hydrogen-bond donors (Lipinski definition) is 3. The molecule has 0 saturated carbocycles. The number of thiocarbonyl (C=S) groups is 1. The number of rotatable bonds is 12. The number of methoxy groups -OCH3 is 1. The maximum Gasteiger partial charge on any atom is 0.338 e. The molecule has 1 aliphatic heterocycles. The number of benzene rings is 2. The molecule has 1 heterocycles. The van der Waals surface area contributed by atoms with Crippen molar-refractivity contribution < 1.29 is 28.5 Å². The monoisotopic (exact) mass is 540 g/mol. The Morgan fingerprint density at radius 1 is 1.11 bits per heavy atom. The van der Waals surface area contributed by atoms with Crippen LogP contribution in [0.5, 0.6) is 17.2 Å². The van der Waals surface area contributed by atoms with Crippen molar-refractivity contribution in [3.63, 3.8) is 0 Å². The van der Waals surface area contributed by atoms with Gasteiger partial charge in [0.05, 0.1) is 38.2 Å². The Kier molecular flexibility index (Phi) is 10.5. The lowest BCUT2D eigenvalue weighted by Crippen LogP contribution is -2.45. The standard InChI is InChI=1S/C27H32N4O6S/c1-5-13-36-21-12-11-18(14-22(21)34-4)15-28-31-23(32)16-37-20-10-8-7-9-19(20)25-24(26(33)35-6-2)17(3)29-27(38)30-25/h7-12,14-15,25H,5-6,13,16H2,1-4H3,(H,31,32)(H2,29,30,38)/t25-/m0/s1. The van der Waals surface area contributed by atoms with E-state index < -0.39 is 17.9 Å². The predicted molar refractivity (Wildman–Crippen MR) is 147 cm³/mol. The van der Waals surface area contributed by atoms with Crippen LogP contribution in [0.4, 0.5) is 0 Å². The lowest BCUT2D eigenvalue weighted by molar-refractivity contribution is -0.139. The largest absolute Gasteiger partial charge is 0.493 e. The first-order valence-corrected chi connectivity index (χ1v) is 12.6. The molecule has 3 N–H and O–H groups in total. The molecule has 0 radical (unpaired) electrons. The number of allylic oxidation sites excluding steroid dienone is 1. The van der Waals surface area contributed by atoms with Crippen LogP contribution in [0.3, 0.4) is 0 Å². The number of hydrazone groups is 1. The Hall–Kier alpha value is -4.12. The van der Waals surface area contributed by atoms with E-state index in [-0.39, 0.29) is 13.2 Å². The summed E-state index contributed by atoms with van der Waals surface area (Å²) in [5.74, 6) is 0.697. The predicted octanol–water partition coefficient (Wildman–Crippen LogP) is 3.37. The summed E-state index contributed by atoms with van der Waals surface area (Å²) in [6.45, 7) is 6.04. The Morgan fingerprint density at radius 2 is 1.89 bits per heavy atom. The highest BCUT2D eigenvalue weighted by Crippen LogP contribution is 2.33. The quantitative estimate of drug-likeness (QED) is 0.161. The molecule has 0 fully saturated rings. The van der Waals surface area contributed by atoms with Crippen LogP contribution >= 0.6 is 12.2 Å². The molecule has 11 heteroatoms. The van der Waals surface area contributed by atoms with Crippen LogP contribution in [0.25, 0.3) is 0 Å². The number of ether oxygens (including phenoxy) is 4. The van der Waals surface area contributed by atoms with Gasteiger partial charge in [-0.15, -0.1) is 0 Å². The molecule has 1 amide bonds. The molecule has 0 aliphatic carbocycles. The van der Waals surface area contributed by atoms with Crippen LogP contribution in [0.2, 0.25) is 0 Å². The zero-order chi connectivity index (χ0) is 27.5. The van der Waals surface area contributed by atoms with Crippen molar-refractivity contribution in [2.75, 3.05) is 26.9 Å². The molecule has 0 saturated heterocycles. The van der Waals surface area contributed by atoms with Crippen molar-refractivity contribution in [1.29, 1.82) is 0 Å². The van der Waals surface area contributed by atoms with E-state index in [2.05, 4.69) is 21.2 Å². The van der Waals surface area contributed by atoms with Gasteiger partial charge in [0, 0.05) is 11.3 Å². The van der Waals surface area contributed by atoms with E-state index in [1.165, 1.54) is 6.21 Å². The topological polar surface area (TPSA) is 120 Å². The second kappa shape index (κ2) is 14.0. The van der Waals surface area contributed by atoms with E-state index in [0.29, 0.717) is 45.8 Å². The van der Waals surface area contributed by atoms with Crippen molar-refractivity contribution in [3.8, 4) is 17.2 Å². The van der Waals surface area contributed by atoms with Crippen molar-refractivity contribution in [1.82, 2.24) is 16.1 Å². The number of carbonyl (C=O) groups excluding carboxylic acids is 2. The fraction of sp³-hybridized carbons (Fsp3) is 0.333. The average Bonchev–Trinajstić information content (AvgIpc) is 2.90. The zero-order valence-electron chi connectivity index (χ0n) is 21.8. The number of nitrogens with zero attached hydrogens (tertiary/aromatic N) is 1. The molecular weight excluding hydrogens is 508 g/mol. The third kappa shape index (κ3) is 7.45. The van der Waals surface area contributed by atoms with E-state index in [4.69, 9.17) is 31.2 Å². The van der Waals surface area contributed by atoms with Gasteiger partial charge in [-0.1, -0.05) is 25.1 Å². The summed E-state index contributed by atoms with van der Waals surface area (Å²) >= 11 is 5.30. The fourth-order valence-electron chi connectivity index (χ4n) is 3.71. The number of nitrogens with one attached hydrogen (secondary N) is 3. The molecule has 2 aromatic carbocycles. The maximum absolute atomic E-state index is 12.7. The third-order valence-electron chi connectivity index (χ3n) is 5.41. The van der Waals surface area contributed by atoms with E-state index >= 15 is 0 Å². The number of hydrogen-bond acceptors (Lipinski definition) is 8. The molecule has 202 valence electrons. The highest BCUT2D eigenvalue weighted by atomic mass is 32.1. The minimum atomic E-state index is -0.612. The summed E-state index contributed by atoms with van der Waals surface area (Å²) < 4.78 is 22.1. The van der Waals surface area contributed by atoms with Gasteiger partial charge >= 0.3 is 5.97 Å². The fourth-order valence-corrected chi connectivity index (χ4v) is 3.98. The van der Waals surface area contributed by atoms with Crippen molar-refractivity contribution in [2.24, 2.45) is 5.10 Å². The summed E-state index contributed by atoms with van der Waals surface area (Å²) in [6, 6.07) is 11.8. The van der Waals surface area contributed by atoms with Gasteiger partial charge in [0.2, 0.25) is 0 Å². The van der Waals surface area contributed by atoms with Gasteiger partial charge in [-0.2, -0.15) is 5.10 Å². The molecular formula is C27H32N4O6S. The third-order valence-corrected chi connectivity index (χ3v) is 5.63. The highest BCUT2D eigenvalue weighted by molar-refractivity contribution is 7.80. The van der Waals surface area contributed by atoms with Gasteiger partial charge in [0.25, 0.3) is 5.91 Å². The van der Waals surface area contributed by atoms with E-state index in [9.17, 15) is 9.59 Å². The first-order valence-electron chi connectivity index (χ1n) is 12.2. The molecule has 38 heavy (non-hydrogen) atoms. The minimum Gasteiger partial charge on any atom is -0.493 e. The van der Waals surface area contributed by atoms with E-state index in [0.717, 1.165) is 12.0 Å². The van der Waals surface area contributed by atoms with Crippen molar-refractivity contribution in [3.05, 3.63) is 64.9 Å². The summed E-state index contributed by atoms with van der Waals surface area (Å²) in [5, 5.41) is 10.4. The molecule has 1 aliphatic rings. The summed E-state index contributed by atoms with van der Waals surface area (Å²) in [6.07, 6.45) is 2.38. The lowest BCUT2D eigenvalue weighted by atomic mass is 9.95. The molecule has 0 spiro atoms. The Bertz CT molecular complexity index is 1230. The smallest absolute Gasteiger partial charge is 0.338 e. The van der Waals surface area contributed by atoms with Crippen LogP contribution in [0, 0.1) is 0 Å². The van der Waals surface area contributed by atoms with E-state index in [1.807, 2.05) is 19.1 Å². The molecule has 0 bridgehead atoms. The Morgan fingerprint density at radius 3 is 2.63 bits per heavy atom. The highest BCUT2D eigenvalue weighted by Gasteiger charge is 2.32. The first kappa shape index (κ1) is 28.5. The van der Waals surface area contributed by atoms with Gasteiger partial charge in [0.15, 0.2) is 23.2 Å². The number of esters is 1. The molecule has 1 atom stereocenters. The number of para-hydroxylation sites is 1. The maximum atomic E-state index is 12.7. The number of carbonyl (C=O) groups is 2. The number of amides is 1. The van der Waals surface area contributed by atoms with Crippen LogP contribution in [-0.4, -0.2) is 50.1 Å². The van der Waals surface area contributed by atoms with Gasteiger partial charge < -0.3 is 29.6 Å². The molecule has 2 aromatic rings. The summed E-state index contributed by atoms with van der Waals surface area (Å²) in [7, 11) is 1.56. The molecule has 0 aromatic heterocycles. The SMILES string of the molecule is CCCOc1ccc(C=NNC(=O)COc2ccccc2[C@@H]2NC(=S)NC(C)=C2C(=O)OCC)cc1OC. The van der Waals surface area contributed by atoms with Crippen LogP contribution < -0.4 is 30.3 Å². The van der Waals surface area contributed by atoms with Gasteiger partial charge in [-0.3, -0.25) is 4.79 Å². The summed E-state index contributed by atoms with van der Waals surface area (Å²) in [5.41, 5.74) is 4.77. The van der Waals surface area contributed by atoms with Crippen LogP contribution in [-0.2, 0) is 14.3 Å². The van der Waals surface area contributed by atoms with Gasteiger partial charge in [-0.05, 0) is 62.3 Å². The van der Waals surface area contributed by atoms with Gasteiger partial charge in [0.1, 0.15) is 5.75 Å². The summed E-state index contributed by atoms with van der Waals surface area (Å²) in [4.78, 5) is 25.1. The molecule has 3 rings (SSSR count). The second-order valence-electron chi connectivity index (χ2n) is 8.17. The van der Waals surface area contributed by atoms with Crippen LogP contribution in [0.1, 0.15) is 44.4 Å². The molecule has 0 unspecified atom stereocenters. The van der Waals surface area contributed by atoms with Crippen molar-refractivity contribution in [2.45, 2.75) is 33.2 Å². The van der Waals surface area contributed by atoms with E-state index in [1.54, 1.807) is 51.3 Å². The minimum absolute atomic E-state index is 0.231. The Labute approximate surface area is 227 Å². The normalized spacial score (nSPS) is 14.9. The van der Waals surface area contributed by atoms with Crippen molar-refractivity contribution >= 4 is 35.4 Å². The lowest BCUT2D eigenvalue weighted by Gasteiger charge is -2.30. The second-order valence-corrected chi connectivity index (χ2v) is 8.58. The zero-order valence-corrected chi connectivity index (χ0v) is 22.6. The molecule has 10 nitrogen and oxygen atoms in total. The average molecular weight is 541 g/mol. The van der Waals surface area contributed by atoms with Gasteiger partial charge in [-0.25, -0.2) is 10.2 Å².